The van der Waals surface area contributed by atoms with E-state index in [2.05, 4.69) is 33.8 Å². The molecule has 2 rings (SSSR count). The zero-order chi connectivity index (χ0) is 10.8. The van der Waals surface area contributed by atoms with Crippen LogP contribution in [0.25, 0.3) is 0 Å². The highest BCUT2D eigenvalue weighted by atomic mass is 79.9. The molecule has 1 aliphatic rings. The van der Waals surface area contributed by atoms with Crippen molar-refractivity contribution in [1.29, 1.82) is 5.26 Å². The highest BCUT2D eigenvalue weighted by Gasteiger charge is 2.21. The molecule has 0 aliphatic carbocycles. The van der Waals surface area contributed by atoms with E-state index in [1.54, 1.807) is 0 Å². The molecule has 1 aromatic rings. The fourth-order valence-corrected chi connectivity index (χ4v) is 2.71. The van der Waals surface area contributed by atoms with E-state index in [4.69, 9.17) is 5.26 Å². The summed E-state index contributed by atoms with van der Waals surface area (Å²) in [6, 6.07) is 8.56. The van der Waals surface area contributed by atoms with Gasteiger partial charge in [-0.05, 0) is 53.9 Å². The molecule has 2 nitrogen and oxygen atoms in total. The third-order valence-electron chi connectivity index (χ3n) is 2.94. The quantitative estimate of drug-likeness (QED) is 0.778. The van der Waals surface area contributed by atoms with Crippen LogP contribution in [0.2, 0.25) is 0 Å². The summed E-state index contributed by atoms with van der Waals surface area (Å²) < 4.78 is 1.02. The van der Waals surface area contributed by atoms with Crippen molar-refractivity contribution in [2.24, 2.45) is 0 Å². The lowest BCUT2D eigenvalue weighted by Crippen LogP contribution is -2.26. The molecule has 1 heterocycles. The van der Waals surface area contributed by atoms with Gasteiger partial charge in [-0.25, -0.2) is 0 Å². The fraction of sp³-hybridized carbons (Fsp3) is 0.417. The Morgan fingerprint density at radius 3 is 2.87 bits per heavy atom. The predicted molar refractivity (Wildman–Crippen MR) is 64.9 cm³/mol. The summed E-state index contributed by atoms with van der Waals surface area (Å²) in [5.41, 5.74) is 1.91. The van der Waals surface area contributed by atoms with E-state index in [1.165, 1.54) is 18.5 Å². The zero-order valence-corrected chi connectivity index (χ0v) is 10.3. The van der Waals surface area contributed by atoms with Crippen LogP contribution in [0.3, 0.4) is 0 Å². The zero-order valence-electron chi connectivity index (χ0n) is 8.70. The molecule has 1 aromatic carbocycles. The van der Waals surface area contributed by atoms with Crippen LogP contribution in [-0.2, 0) is 0 Å². The average molecular weight is 265 g/mol. The topological polar surface area (TPSA) is 27.0 Å². The van der Waals surface area contributed by atoms with Gasteiger partial charge in [0.2, 0.25) is 0 Å². The standard InChI is InChI=1S/C12H13BrN2/c1-9-3-2-6-15(9)12-5-4-10(8-14)7-11(12)13/h4-5,7,9H,2-3,6H2,1H3. The maximum atomic E-state index is 8.79. The molecule has 78 valence electrons. The molecule has 0 bridgehead atoms. The lowest BCUT2D eigenvalue weighted by Gasteiger charge is -2.25. The first-order chi connectivity index (χ1) is 7.22. The van der Waals surface area contributed by atoms with Crippen LogP contribution in [0, 0.1) is 11.3 Å². The van der Waals surface area contributed by atoms with E-state index in [9.17, 15) is 0 Å². The molecular weight excluding hydrogens is 252 g/mol. The number of nitriles is 1. The van der Waals surface area contributed by atoms with Crippen LogP contribution in [0.15, 0.2) is 22.7 Å². The Balaban J connectivity index is 2.33. The van der Waals surface area contributed by atoms with E-state index < -0.39 is 0 Å². The van der Waals surface area contributed by atoms with Crippen LogP contribution in [-0.4, -0.2) is 12.6 Å². The van der Waals surface area contributed by atoms with Crippen molar-refractivity contribution in [3.05, 3.63) is 28.2 Å². The lowest BCUT2D eigenvalue weighted by molar-refractivity contribution is 0.734. The normalized spacial score (nSPS) is 20.3. The second-order valence-corrected chi connectivity index (χ2v) is 4.82. The van der Waals surface area contributed by atoms with E-state index in [0.29, 0.717) is 11.6 Å². The Kier molecular flexibility index (Phi) is 2.97. The minimum absolute atomic E-state index is 0.606. The van der Waals surface area contributed by atoms with Gasteiger partial charge < -0.3 is 4.90 Å². The second-order valence-electron chi connectivity index (χ2n) is 3.96. The smallest absolute Gasteiger partial charge is 0.0992 e. The van der Waals surface area contributed by atoms with Crippen molar-refractivity contribution in [3.63, 3.8) is 0 Å². The number of anilines is 1. The lowest BCUT2D eigenvalue weighted by atomic mass is 10.2. The first kappa shape index (κ1) is 10.5. The third-order valence-corrected chi connectivity index (χ3v) is 3.57. The van der Waals surface area contributed by atoms with Crippen molar-refractivity contribution >= 4 is 21.6 Å². The Morgan fingerprint density at radius 1 is 1.53 bits per heavy atom. The monoisotopic (exact) mass is 264 g/mol. The molecule has 0 radical (unpaired) electrons. The number of halogens is 1. The molecule has 1 saturated heterocycles. The highest BCUT2D eigenvalue weighted by molar-refractivity contribution is 9.10. The summed E-state index contributed by atoms with van der Waals surface area (Å²) in [4.78, 5) is 2.39. The first-order valence-electron chi connectivity index (χ1n) is 5.18. The molecule has 0 N–H and O–H groups in total. The summed E-state index contributed by atoms with van der Waals surface area (Å²) in [7, 11) is 0. The van der Waals surface area contributed by atoms with Crippen LogP contribution >= 0.6 is 15.9 Å². The van der Waals surface area contributed by atoms with Gasteiger partial charge >= 0.3 is 0 Å². The van der Waals surface area contributed by atoms with Gasteiger partial charge in [-0.3, -0.25) is 0 Å². The average Bonchev–Trinajstić information content (AvgIpc) is 2.64. The second kappa shape index (κ2) is 4.24. The molecule has 0 aromatic heterocycles. The van der Waals surface area contributed by atoms with E-state index in [1.807, 2.05) is 18.2 Å². The summed E-state index contributed by atoms with van der Waals surface area (Å²) >= 11 is 3.53. The highest BCUT2D eigenvalue weighted by Crippen LogP contribution is 2.32. The van der Waals surface area contributed by atoms with Gasteiger partial charge in [0.25, 0.3) is 0 Å². The number of rotatable bonds is 1. The van der Waals surface area contributed by atoms with Crippen LogP contribution in [0.1, 0.15) is 25.3 Å². The molecule has 3 heteroatoms. The van der Waals surface area contributed by atoms with Gasteiger partial charge in [-0.2, -0.15) is 5.26 Å². The fourth-order valence-electron chi connectivity index (χ4n) is 2.10. The minimum Gasteiger partial charge on any atom is -0.368 e. The summed E-state index contributed by atoms with van der Waals surface area (Å²) in [6.45, 7) is 3.36. The Bertz CT molecular complexity index is 409. The molecule has 0 spiro atoms. The van der Waals surface area contributed by atoms with E-state index in [0.717, 1.165) is 11.0 Å². The molecule has 1 unspecified atom stereocenters. The molecular formula is C12H13BrN2. The van der Waals surface area contributed by atoms with Gasteiger partial charge in [0.15, 0.2) is 0 Å². The Labute approximate surface area is 98.6 Å². The van der Waals surface area contributed by atoms with Crippen molar-refractivity contribution in [3.8, 4) is 6.07 Å². The number of hydrogen-bond donors (Lipinski definition) is 0. The van der Waals surface area contributed by atoms with Gasteiger partial charge in [0, 0.05) is 17.1 Å². The van der Waals surface area contributed by atoms with Gasteiger partial charge in [-0.1, -0.05) is 0 Å². The summed E-state index contributed by atoms with van der Waals surface area (Å²) in [6.07, 6.45) is 2.51. The third kappa shape index (κ3) is 2.00. The van der Waals surface area contributed by atoms with Crippen LogP contribution in [0.5, 0.6) is 0 Å². The SMILES string of the molecule is CC1CCCN1c1ccc(C#N)cc1Br. The van der Waals surface area contributed by atoms with Crippen molar-refractivity contribution in [2.75, 3.05) is 11.4 Å². The maximum Gasteiger partial charge on any atom is 0.0992 e. The Morgan fingerprint density at radius 2 is 2.33 bits per heavy atom. The molecule has 1 aliphatic heterocycles. The Hall–Kier alpha value is -1.01. The summed E-state index contributed by atoms with van der Waals surface area (Å²) in [5.74, 6) is 0. The van der Waals surface area contributed by atoms with Gasteiger partial charge in [-0.15, -0.1) is 0 Å². The maximum absolute atomic E-state index is 8.79. The first-order valence-corrected chi connectivity index (χ1v) is 5.98. The number of nitrogens with zero attached hydrogens (tertiary/aromatic N) is 2. The van der Waals surface area contributed by atoms with E-state index >= 15 is 0 Å². The summed E-state index contributed by atoms with van der Waals surface area (Å²) in [5, 5.41) is 8.79. The largest absolute Gasteiger partial charge is 0.368 e. The van der Waals surface area contributed by atoms with Crippen molar-refractivity contribution < 1.29 is 0 Å². The van der Waals surface area contributed by atoms with Crippen LogP contribution in [0.4, 0.5) is 5.69 Å². The van der Waals surface area contributed by atoms with Crippen molar-refractivity contribution in [1.82, 2.24) is 0 Å². The predicted octanol–water partition coefficient (Wildman–Crippen LogP) is 3.31. The van der Waals surface area contributed by atoms with Crippen molar-refractivity contribution in [2.45, 2.75) is 25.8 Å². The molecule has 1 fully saturated rings. The molecule has 15 heavy (non-hydrogen) atoms. The number of hydrogen-bond acceptors (Lipinski definition) is 2. The van der Waals surface area contributed by atoms with Crippen LogP contribution < -0.4 is 4.90 Å². The van der Waals surface area contributed by atoms with Gasteiger partial charge in [0.05, 0.1) is 17.3 Å². The number of benzene rings is 1. The van der Waals surface area contributed by atoms with Gasteiger partial charge in [0.1, 0.15) is 0 Å². The molecule has 0 saturated carbocycles. The molecule has 0 amide bonds. The van der Waals surface area contributed by atoms with E-state index in [-0.39, 0.29) is 0 Å². The minimum atomic E-state index is 0.606. The molecule has 1 atom stereocenters.